The van der Waals surface area contributed by atoms with Crippen LogP contribution in [0.25, 0.3) is 0 Å². The highest BCUT2D eigenvalue weighted by molar-refractivity contribution is 6.01. The number of aromatic amines is 2. The highest BCUT2D eigenvalue weighted by Gasteiger charge is 2.40. The Bertz CT molecular complexity index is 1340. The minimum atomic E-state index is -0.476. The predicted molar refractivity (Wildman–Crippen MR) is 130 cm³/mol. The number of fused-ring (bicyclic) bond motifs is 1. The van der Waals surface area contributed by atoms with Gasteiger partial charge in [-0.15, -0.1) is 0 Å². The molecule has 5 rings (SSSR count). The number of carbonyl (C=O) groups is 1. The van der Waals surface area contributed by atoms with Gasteiger partial charge in [0.25, 0.3) is 5.56 Å². The molecule has 0 fully saturated rings. The van der Waals surface area contributed by atoms with Gasteiger partial charge in [0.2, 0.25) is 5.75 Å². The first kappa shape index (κ1) is 22.6. The third kappa shape index (κ3) is 3.73. The number of hydrogen-bond acceptors (Lipinski definition) is 7. The van der Waals surface area contributed by atoms with E-state index in [0.717, 1.165) is 16.8 Å². The number of benzene rings is 2. The number of Topliss-reactive ketones (excluding diaryl/α,β-unsaturated/α-hetero) is 1. The van der Waals surface area contributed by atoms with Gasteiger partial charge in [0.05, 0.1) is 34.0 Å². The van der Waals surface area contributed by atoms with Crippen LogP contribution in [0.5, 0.6) is 23.0 Å². The zero-order chi connectivity index (χ0) is 24.7. The molecule has 2 aliphatic rings. The second-order valence-electron chi connectivity index (χ2n) is 8.58. The smallest absolute Gasteiger partial charge is 0.270 e. The fourth-order valence-electron chi connectivity index (χ4n) is 5.12. The number of aromatic nitrogens is 2. The van der Waals surface area contributed by atoms with Crippen LogP contribution >= 0.6 is 0 Å². The van der Waals surface area contributed by atoms with Crippen molar-refractivity contribution < 1.29 is 23.7 Å². The Morgan fingerprint density at radius 3 is 2.09 bits per heavy atom. The van der Waals surface area contributed by atoms with Crippen LogP contribution in [0.1, 0.15) is 41.4 Å². The minimum Gasteiger partial charge on any atom is -0.497 e. The van der Waals surface area contributed by atoms with E-state index in [2.05, 4.69) is 15.5 Å². The molecular weight excluding hydrogens is 450 g/mol. The summed E-state index contributed by atoms with van der Waals surface area (Å²) in [5.41, 5.74) is 3.44. The number of carbonyl (C=O) groups excluding carboxylic acids is 1. The summed E-state index contributed by atoms with van der Waals surface area (Å²) >= 11 is 0. The lowest BCUT2D eigenvalue weighted by molar-refractivity contribution is -0.116. The fraction of sp³-hybridized carbons (Fsp3) is 0.308. The lowest BCUT2D eigenvalue weighted by Gasteiger charge is -2.34. The van der Waals surface area contributed by atoms with Crippen molar-refractivity contribution in [2.75, 3.05) is 33.8 Å². The third-order valence-corrected chi connectivity index (χ3v) is 6.78. The second-order valence-corrected chi connectivity index (χ2v) is 8.58. The van der Waals surface area contributed by atoms with Crippen molar-refractivity contribution >= 4 is 11.6 Å². The Hall–Kier alpha value is -4.14. The SMILES string of the molecule is COc1ccc([C@H]2C3=C(C[C@H](c4cc(OC)c(OC)c(OC)c4)CC3=O)Nc3[nH][nH]c(=O)c32)cc1. The molecule has 3 aromatic rings. The van der Waals surface area contributed by atoms with Gasteiger partial charge in [0.1, 0.15) is 11.6 Å². The van der Waals surface area contributed by atoms with Crippen molar-refractivity contribution in [3.8, 4) is 23.0 Å². The van der Waals surface area contributed by atoms with E-state index < -0.39 is 5.92 Å². The standard InChI is InChI=1S/C26H27N3O6/c1-32-16-7-5-13(6-8-16)21-22-17(27-25-23(21)26(31)29-28-25)9-14(10-18(22)30)15-11-19(33-2)24(35-4)20(12-15)34-3/h5-8,11-12,14,21H,9-10H2,1-4H3,(H3,27,28,29,31)/t14-,21-/m0/s1. The molecule has 0 spiro atoms. The fourth-order valence-corrected chi connectivity index (χ4v) is 5.12. The maximum Gasteiger partial charge on any atom is 0.270 e. The molecule has 35 heavy (non-hydrogen) atoms. The van der Waals surface area contributed by atoms with Crippen molar-refractivity contribution in [3.63, 3.8) is 0 Å². The maximum absolute atomic E-state index is 13.7. The summed E-state index contributed by atoms with van der Waals surface area (Å²) in [6.45, 7) is 0. The Morgan fingerprint density at radius 2 is 1.49 bits per heavy atom. The number of methoxy groups -OCH3 is 4. The first-order valence-electron chi connectivity index (χ1n) is 11.3. The number of hydrogen-bond donors (Lipinski definition) is 3. The molecule has 0 saturated heterocycles. The Labute approximate surface area is 202 Å². The summed E-state index contributed by atoms with van der Waals surface area (Å²) in [6, 6.07) is 11.2. The van der Waals surface area contributed by atoms with Crippen LogP contribution in [0.3, 0.4) is 0 Å². The summed E-state index contributed by atoms with van der Waals surface area (Å²) in [7, 11) is 6.30. The molecule has 2 aromatic carbocycles. The van der Waals surface area contributed by atoms with Gasteiger partial charge >= 0.3 is 0 Å². The van der Waals surface area contributed by atoms with Gasteiger partial charge in [-0.25, -0.2) is 0 Å². The van der Waals surface area contributed by atoms with Crippen LogP contribution in [-0.4, -0.2) is 44.4 Å². The average molecular weight is 478 g/mol. The normalized spacial score (nSPS) is 18.9. The van der Waals surface area contributed by atoms with Gasteiger partial charge in [-0.1, -0.05) is 12.1 Å². The maximum atomic E-state index is 13.7. The molecule has 1 aliphatic heterocycles. The van der Waals surface area contributed by atoms with Crippen LogP contribution in [0.2, 0.25) is 0 Å². The summed E-state index contributed by atoms with van der Waals surface area (Å²) in [5.74, 6) is 2.28. The number of anilines is 1. The highest BCUT2D eigenvalue weighted by atomic mass is 16.5. The summed E-state index contributed by atoms with van der Waals surface area (Å²) < 4.78 is 21.8. The van der Waals surface area contributed by atoms with Gasteiger partial charge in [0, 0.05) is 23.6 Å². The van der Waals surface area contributed by atoms with E-state index in [-0.39, 0.29) is 17.3 Å². The third-order valence-electron chi connectivity index (χ3n) is 6.78. The van der Waals surface area contributed by atoms with Crippen molar-refractivity contribution in [1.82, 2.24) is 10.2 Å². The van der Waals surface area contributed by atoms with Crippen LogP contribution < -0.4 is 29.8 Å². The first-order chi connectivity index (χ1) is 17.0. The minimum absolute atomic E-state index is 0.00966. The zero-order valence-electron chi connectivity index (χ0n) is 20.0. The summed E-state index contributed by atoms with van der Waals surface area (Å²) in [4.78, 5) is 26.4. The molecule has 9 heteroatoms. The molecule has 3 N–H and O–H groups in total. The van der Waals surface area contributed by atoms with Crippen LogP contribution in [0.15, 0.2) is 52.5 Å². The molecule has 0 radical (unpaired) electrons. The van der Waals surface area contributed by atoms with Crippen LogP contribution in [0.4, 0.5) is 5.82 Å². The van der Waals surface area contributed by atoms with Crippen LogP contribution in [-0.2, 0) is 4.79 Å². The Balaban J connectivity index is 1.59. The first-order valence-corrected chi connectivity index (χ1v) is 11.3. The predicted octanol–water partition coefficient (Wildman–Crippen LogP) is 3.70. The van der Waals surface area contributed by atoms with Gasteiger partial charge in [-0.05, 0) is 47.7 Å². The topological polar surface area (TPSA) is 115 Å². The van der Waals surface area contributed by atoms with Crippen molar-refractivity contribution in [1.29, 1.82) is 0 Å². The molecule has 0 saturated carbocycles. The number of ether oxygens (including phenoxy) is 4. The molecule has 2 atom stereocenters. The average Bonchev–Trinajstić information content (AvgIpc) is 3.26. The number of nitrogens with one attached hydrogen (secondary N) is 3. The summed E-state index contributed by atoms with van der Waals surface area (Å²) in [5, 5.41) is 8.90. The van der Waals surface area contributed by atoms with Gasteiger partial charge in [-0.3, -0.25) is 19.8 Å². The molecule has 1 aliphatic carbocycles. The quantitative estimate of drug-likeness (QED) is 0.496. The monoisotopic (exact) mass is 477 g/mol. The molecule has 2 heterocycles. The highest BCUT2D eigenvalue weighted by Crippen LogP contribution is 2.48. The molecule has 1 aromatic heterocycles. The Kier molecular flexibility index (Phi) is 5.76. The van der Waals surface area contributed by atoms with E-state index in [1.807, 2.05) is 36.4 Å². The number of H-pyrrole nitrogens is 2. The van der Waals surface area contributed by atoms with Gasteiger partial charge < -0.3 is 24.3 Å². The van der Waals surface area contributed by atoms with Crippen molar-refractivity contribution in [3.05, 3.63) is 74.7 Å². The van der Waals surface area contributed by atoms with Crippen molar-refractivity contribution in [2.24, 2.45) is 0 Å². The molecule has 0 bridgehead atoms. The largest absolute Gasteiger partial charge is 0.497 e. The second kappa shape index (κ2) is 8.90. The van der Waals surface area contributed by atoms with E-state index in [0.29, 0.717) is 52.8 Å². The van der Waals surface area contributed by atoms with E-state index in [4.69, 9.17) is 18.9 Å². The van der Waals surface area contributed by atoms with Crippen molar-refractivity contribution in [2.45, 2.75) is 24.7 Å². The summed E-state index contributed by atoms with van der Waals surface area (Å²) in [6.07, 6.45) is 0.877. The van der Waals surface area contributed by atoms with Crippen LogP contribution in [0, 0.1) is 0 Å². The van der Waals surface area contributed by atoms with Gasteiger partial charge in [0.15, 0.2) is 17.3 Å². The lowest BCUT2D eigenvalue weighted by atomic mass is 9.72. The van der Waals surface area contributed by atoms with E-state index >= 15 is 0 Å². The zero-order valence-corrected chi connectivity index (χ0v) is 20.0. The van der Waals surface area contributed by atoms with Gasteiger partial charge in [-0.2, -0.15) is 0 Å². The molecule has 9 nitrogen and oxygen atoms in total. The van der Waals surface area contributed by atoms with E-state index in [9.17, 15) is 9.59 Å². The van der Waals surface area contributed by atoms with E-state index in [1.54, 1.807) is 28.4 Å². The Morgan fingerprint density at radius 1 is 0.800 bits per heavy atom. The number of ketones is 1. The molecular formula is C26H27N3O6. The number of allylic oxidation sites excluding steroid dienone is 2. The molecule has 0 unspecified atom stereocenters. The lowest BCUT2D eigenvalue weighted by Crippen LogP contribution is -2.31. The molecule has 182 valence electrons. The van der Waals surface area contributed by atoms with E-state index in [1.165, 1.54) is 0 Å². The number of rotatable bonds is 6. The molecule has 0 amide bonds.